The first kappa shape index (κ1) is 13.7. The molecule has 2 unspecified atom stereocenters. The number of para-hydroxylation sites is 1. The maximum absolute atomic E-state index is 11.7. The molecule has 2 N–H and O–H groups in total. The lowest BCUT2D eigenvalue weighted by Crippen LogP contribution is -2.25. The summed E-state index contributed by atoms with van der Waals surface area (Å²) in [6.07, 6.45) is 4.56. The zero-order valence-corrected chi connectivity index (χ0v) is 11.5. The van der Waals surface area contributed by atoms with Crippen molar-refractivity contribution >= 4 is 11.7 Å². The number of hydrogen-bond donors (Lipinski definition) is 1. The molecule has 0 heterocycles. The molecule has 4 heteroatoms. The highest BCUT2D eigenvalue weighted by Gasteiger charge is 2.23. The molecule has 1 aromatic rings. The highest BCUT2D eigenvalue weighted by atomic mass is 16.5. The quantitative estimate of drug-likeness (QED) is 0.672. The molecular formula is C15H21NO3. The molecular weight excluding hydrogens is 242 g/mol. The molecule has 0 saturated heterocycles. The zero-order valence-electron chi connectivity index (χ0n) is 11.5. The zero-order chi connectivity index (χ0) is 13.8. The van der Waals surface area contributed by atoms with Crippen LogP contribution in [0.4, 0.5) is 5.69 Å². The van der Waals surface area contributed by atoms with Crippen molar-refractivity contribution in [3.8, 4) is 5.75 Å². The second kappa shape index (κ2) is 5.95. The second-order valence-corrected chi connectivity index (χ2v) is 5.23. The average molecular weight is 263 g/mol. The molecule has 0 aliphatic heterocycles. The van der Waals surface area contributed by atoms with E-state index in [4.69, 9.17) is 15.2 Å². The van der Waals surface area contributed by atoms with Gasteiger partial charge in [0.05, 0.1) is 18.9 Å². The summed E-state index contributed by atoms with van der Waals surface area (Å²) in [5, 5.41) is 0. The van der Waals surface area contributed by atoms with Gasteiger partial charge in [-0.2, -0.15) is 0 Å². The van der Waals surface area contributed by atoms with Crippen molar-refractivity contribution in [2.75, 3.05) is 12.8 Å². The molecule has 1 saturated carbocycles. The van der Waals surface area contributed by atoms with Crippen LogP contribution in [-0.2, 0) is 4.74 Å². The summed E-state index contributed by atoms with van der Waals surface area (Å²) in [6, 6.07) is 5.16. The number of nitrogens with two attached hydrogens (primary N) is 1. The number of nitrogen functional groups attached to an aromatic ring is 1. The standard InChI is InChI=1S/C15H21NO3/c1-10-5-3-6-11(9-10)19-14-12(15(17)18-2)7-4-8-13(14)16/h4,7-8,10-11H,3,5-6,9,16H2,1-2H3. The lowest BCUT2D eigenvalue weighted by molar-refractivity contribution is 0.0588. The largest absolute Gasteiger partial charge is 0.487 e. The van der Waals surface area contributed by atoms with Crippen molar-refractivity contribution in [3.05, 3.63) is 23.8 Å². The van der Waals surface area contributed by atoms with Gasteiger partial charge in [-0.15, -0.1) is 0 Å². The maximum Gasteiger partial charge on any atom is 0.341 e. The van der Waals surface area contributed by atoms with Gasteiger partial charge >= 0.3 is 5.97 Å². The lowest BCUT2D eigenvalue weighted by atomic mass is 9.88. The van der Waals surface area contributed by atoms with E-state index in [0.717, 1.165) is 19.3 Å². The summed E-state index contributed by atoms with van der Waals surface area (Å²) < 4.78 is 10.8. The fraction of sp³-hybridized carbons (Fsp3) is 0.533. The molecule has 0 aromatic heterocycles. The number of esters is 1. The fourth-order valence-corrected chi connectivity index (χ4v) is 2.61. The van der Waals surface area contributed by atoms with Gasteiger partial charge in [0.25, 0.3) is 0 Å². The number of methoxy groups -OCH3 is 1. The fourth-order valence-electron chi connectivity index (χ4n) is 2.61. The van der Waals surface area contributed by atoms with E-state index in [1.54, 1.807) is 18.2 Å². The normalized spacial score (nSPS) is 22.8. The molecule has 4 nitrogen and oxygen atoms in total. The van der Waals surface area contributed by atoms with Gasteiger partial charge in [-0.1, -0.05) is 19.4 Å². The monoisotopic (exact) mass is 263 g/mol. The van der Waals surface area contributed by atoms with E-state index >= 15 is 0 Å². The van der Waals surface area contributed by atoms with Crippen molar-refractivity contribution in [2.45, 2.75) is 38.7 Å². The van der Waals surface area contributed by atoms with E-state index in [0.29, 0.717) is 22.9 Å². The third kappa shape index (κ3) is 3.19. The highest BCUT2D eigenvalue weighted by Crippen LogP contribution is 2.32. The van der Waals surface area contributed by atoms with Crippen LogP contribution in [0.3, 0.4) is 0 Å². The van der Waals surface area contributed by atoms with Crippen LogP contribution in [0.1, 0.15) is 43.0 Å². The van der Waals surface area contributed by atoms with E-state index in [9.17, 15) is 4.79 Å². The van der Waals surface area contributed by atoms with Crippen LogP contribution in [0, 0.1) is 5.92 Å². The van der Waals surface area contributed by atoms with Gasteiger partial charge in [0.15, 0.2) is 5.75 Å². The Hall–Kier alpha value is -1.71. The first-order chi connectivity index (χ1) is 9.11. The maximum atomic E-state index is 11.7. The molecule has 19 heavy (non-hydrogen) atoms. The minimum Gasteiger partial charge on any atom is -0.487 e. The molecule has 1 fully saturated rings. The first-order valence-corrected chi connectivity index (χ1v) is 6.75. The van der Waals surface area contributed by atoms with Gasteiger partial charge in [0, 0.05) is 0 Å². The van der Waals surface area contributed by atoms with E-state index in [1.165, 1.54) is 13.5 Å². The topological polar surface area (TPSA) is 61.5 Å². The average Bonchev–Trinajstić information content (AvgIpc) is 2.40. The van der Waals surface area contributed by atoms with Gasteiger partial charge < -0.3 is 15.2 Å². The van der Waals surface area contributed by atoms with Crippen LogP contribution in [0.15, 0.2) is 18.2 Å². The summed E-state index contributed by atoms with van der Waals surface area (Å²) in [7, 11) is 1.36. The number of benzene rings is 1. The first-order valence-electron chi connectivity index (χ1n) is 6.75. The van der Waals surface area contributed by atoms with Crippen LogP contribution >= 0.6 is 0 Å². The summed E-state index contributed by atoms with van der Waals surface area (Å²) in [5.41, 5.74) is 6.82. The van der Waals surface area contributed by atoms with Gasteiger partial charge in [-0.05, 0) is 37.3 Å². The third-order valence-corrected chi connectivity index (χ3v) is 3.62. The predicted molar refractivity (Wildman–Crippen MR) is 74.2 cm³/mol. The molecule has 2 atom stereocenters. The van der Waals surface area contributed by atoms with Crippen molar-refractivity contribution in [3.63, 3.8) is 0 Å². The summed E-state index contributed by atoms with van der Waals surface area (Å²) in [6.45, 7) is 2.23. The molecule has 104 valence electrons. The van der Waals surface area contributed by atoms with Crippen molar-refractivity contribution in [2.24, 2.45) is 5.92 Å². The van der Waals surface area contributed by atoms with Crippen LogP contribution in [0.25, 0.3) is 0 Å². The van der Waals surface area contributed by atoms with E-state index in [-0.39, 0.29) is 6.10 Å². The van der Waals surface area contributed by atoms with Crippen molar-refractivity contribution in [1.29, 1.82) is 0 Å². The molecule has 0 spiro atoms. The Morgan fingerprint density at radius 1 is 1.37 bits per heavy atom. The molecule has 1 aromatic carbocycles. The Morgan fingerprint density at radius 3 is 2.84 bits per heavy atom. The molecule has 0 radical (unpaired) electrons. The predicted octanol–water partition coefficient (Wildman–Crippen LogP) is 3.01. The number of carbonyl (C=O) groups is 1. The lowest BCUT2D eigenvalue weighted by Gasteiger charge is -2.28. The highest BCUT2D eigenvalue weighted by molar-refractivity contribution is 5.94. The van der Waals surface area contributed by atoms with E-state index in [1.807, 2.05) is 0 Å². The van der Waals surface area contributed by atoms with Crippen molar-refractivity contribution in [1.82, 2.24) is 0 Å². The van der Waals surface area contributed by atoms with Crippen LogP contribution < -0.4 is 10.5 Å². The van der Waals surface area contributed by atoms with E-state index in [2.05, 4.69) is 6.92 Å². The Kier molecular flexibility index (Phi) is 4.30. The third-order valence-electron chi connectivity index (χ3n) is 3.62. The smallest absolute Gasteiger partial charge is 0.341 e. The molecule has 2 rings (SSSR count). The van der Waals surface area contributed by atoms with Gasteiger partial charge in [0.2, 0.25) is 0 Å². The number of carbonyl (C=O) groups excluding carboxylic acids is 1. The summed E-state index contributed by atoms with van der Waals surface area (Å²) in [4.78, 5) is 11.7. The Labute approximate surface area is 113 Å². The van der Waals surface area contributed by atoms with Crippen molar-refractivity contribution < 1.29 is 14.3 Å². The summed E-state index contributed by atoms with van der Waals surface area (Å²) >= 11 is 0. The molecule has 1 aliphatic rings. The van der Waals surface area contributed by atoms with Gasteiger partial charge in [-0.25, -0.2) is 4.79 Å². The Balaban J connectivity index is 2.21. The van der Waals surface area contributed by atoms with Crippen LogP contribution in [0.2, 0.25) is 0 Å². The Morgan fingerprint density at radius 2 is 2.16 bits per heavy atom. The number of hydrogen-bond acceptors (Lipinski definition) is 4. The van der Waals surface area contributed by atoms with Crippen LogP contribution in [0.5, 0.6) is 5.75 Å². The van der Waals surface area contributed by atoms with Gasteiger partial charge in [-0.3, -0.25) is 0 Å². The minimum atomic E-state index is -0.411. The molecule has 0 amide bonds. The van der Waals surface area contributed by atoms with E-state index < -0.39 is 5.97 Å². The SMILES string of the molecule is COC(=O)c1cccc(N)c1OC1CCCC(C)C1. The molecule has 1 aliphatic carbocycles. The second-order valence-electron chi connectivity index (χ2n) is 5.23. The van der Waals surface area contributed by atoms with Gasteiger partial charge in [0.1, 0.15) is 5.56 Å². The minimum absolute atomic E-state index is 0.136. The Bertz CT molecular complexity index is 459. The molecule has 0 bridgehead atoms. The number of anilines is 1. The summed E-state index contributed by atoms with van der Waals surface area (Å²) in [5.74, 6) is 0.713. The number of ether oxygens (including phenoxy) is 2. The van der Waals surface area contributed by atoms with Crippen LogP contribution in [-0.4, -0.2) is 19.2 Å². The number of rotatable bonds is 3.